The minimum Gasteiger partial charge on any atom is -0.390 e. The minimum absolute atomic E-state index is 0.373. The average molecular weight is 171 g/mol. The first-order valence-corrected chi connectivity index (χ1v) is 4.47. The second-order valence-electron chi connectivity index (χ2n) is 2.76. The third kappa shape index (κ3) is 2.74. The molecule has 0 heterocycles. The lowest BCUT2D eigenvalue weighted by atomic mass is 10.1. The van der Waals surface area contributed by atoms with Crippen LogP contribution in [0.15, 0.2) is 11.4 Å². The normalized spacial score (nSPS) is 15.1. The predicted molar refractivity (Wildman–Crippen MR) is 54.0 cm³/mol. The van der Waals surface area contributed by atoms with Gasteiger partial charge in [0.25, 0.3) is 0 Å². The largest absolute Gasteiger partial charge is 0.390 e. The fraction of sp³-hybridized carbons (Fsp3) is 0.778. The highest BCUT2D eigenvalue weighted by molar-refractivity contribution is 5.15. The van der Waals surface area contributed by atoms with Gasteiger partial charge < -0.3 is 16.0 Å². The van der Waals surface area contributed by atoms with Crippen LogP contribution in [0.1, 0.15) is 20.3 Å². The molecule has 0 rings (SSSR count). The summed E-state index contributed by atoms with van der Waals surface area (Å²) in [7, 11) is 5.87. The van der Waals surface area contributed by atoms with Crippen molar-refractivity contribution < 1.29 is 0 Å². The molecule has 0 saturated carbocycles. The molecule has 3 N–H and O–H groups in total. The molecule has 0 aliphatic heterocycles. The Bertz CT molecular complexity index is 146. The fourth-order valence-electron chi connectivity index (χ4n) is 1.27. The van der Waals surface area contributed by atoms with Crippen LogP contribution in [0.4, 0.5) is 0 Å². The molecule has 0 amide bonds. The molecule has 0 aromatic carbocycles. The van der Waals surface area contributed by atoms with Gasteiger partial charge in [0.1, 0.15) is 0 Å². The number of likely N-dealkylation sites (N-methyl/N-ethyl adjacent to an activating group) is 2. The molecule has 3 heteroatoms. The zero-order valence-electron chi connectivity index (χ0n) is 8.78. The van der Waals surface area contributed by atoms with E-state index >= 15 is 0 Å². The van der Waals surface area contributed by atoms with Crippen molar-refractivity contribution in [3.8, 4) is 0 Å². The van der Waals surface area contributed by atoms with Crippen molar-refractivity contribution in [2.45, 2.75) is 26.3 Å². The standard InChI is InChI=1S/C9H21N3/c1-6-8(11-4)9(12-5)7(2)10-3/h7,10-12H,6H2,1-5H3/b9-8+. The van der Waals surface area contributed by atoms with Gasteiger partial charge in [-0.2, -0.15) is 0 Å². The molecule has 0 aliphatic rings. The van der Waals surface area contributed by atoms with Gasteiger partial charge in [0.2, 0.25) is 0 Å². The number of nitrogens with one attached hydrogen (secondary N) is 3. The zero-order valence-corrected chi connectivity index (χ0v) is 8.78. The molecule has 3 nitrogen and oxygen atoms in total. The van der Waals surface area contributed by atoms with E-state index in [9.17, 15) is 0 Å². The van der Waals surface area contributed by atoms with E-state index in [1.165, 1.54) is 11.4 Å². The van der Waals surface area contributed by atoms with E-state index in [4.69, 9.17) is 0 Å². The smallest absolute Gasteiger partial charge is 0.0466 e. The Morgan fingerprint density at radius 3 is 2.00 bits per heavy atom. The second kappa shape index (κ2) is 5.89. The van der Waals surface area contributed by atoms with Crippen molar-refractivity contribution in [3.63, 3.8) is 0 Å². The van der Waals surface area contributed by atoms with Crippen molar-refractivity contribution in [2.24, 2.45) is 0 Å². The van der Waals surface area contributed by atoms with Gasteiger partial charge in [0.15, 0.2) is 0 Å². The SMILES string of the molecule is CC/C(NC)=C(\NC)C(C)NC. The van der Waals surface area contributed by atoms with Crippen molar-refractivity contribution in [2.75, 3.05) is 21.1 Å². The quantitative estimate of drug-likeness (QED) is 0.568. The highest BCUT2D eigenvalue weighted by atomic mass is 15.0. The lowest BCUT2D eigenvalue weighted by molar-refractivity contribution is 0.626. The Labute approximate surface area is 75.6 Å². The van der Waals surface area contributed by atoms with E-state index in [0.29, 0.717) is 6.04 Å². The molecule has 0 spiro atoms. The van der Waals surface area contributed by atoms with Gasteiger partial charge >= 0.3 is 0 Å². The van der Waals surface area contributed by atoms with Gasteiger partial charge in [-0.15, -0.1) is 0 Å². The van der Waals surface area contributed by atoms with E-state index < -0.39 is 0 Å². The van der Waals surface area contributed by atoms with E-state index in [0.717, 1.165) is 6.42 Å². The van der Waals surface area contributed by atoms with Gasteiger partial charge in [0, 0.05) is 31.5 Å². The van der Waals surface area contributed by atoms with Crippen LogP contribution in [0.25, 0.3) is 0 Å². The molecule has 12 heavy (non-hydrogen) atoms. The third-order valence-corrected chi connectivity index (χ3v) is 2.12. The van der Waals surface area contributed by atoms with Crippen LogP contribution < -0.4 is 16.0 Å². The Balaban J connectivity index is 4.56. The molecule has 0 radical (unpaired) electrons. The molecule has 0 saturated heterocycles. The summed E-state index contributed by atoms with van der Waals surface area (Å²) in [4.78, 5) is 0. The summed E-state index contributed by atoms with van der Waals surface area (Å²) in [6.07, 6.45) is 1.03. The molecule has 0 aliphatic carbocycles. The first-order chi connectivity index (χ1) is 5.71. The van der Waals surface area contributed by atoms with Crippen LogP contribution in [-0.2, 0) is 0 Å². The Hall–Kier alpha value is -0.700. The van der Waals surface area contributed by atoms with Crippen molar-refractivity contribution in [1.82, 2.24) is 16.0 Å². The Morgan fingerprint density at radius 1 is 1.17 bits per heavy atom. The van der Waals surface area contributed by atoms with Crippen LogP contribution in [0.3, 0.4) is 0 Å². The number of rotatable bonds is 5. The topological polar surface area (TPSA) is 36.1 Å². The molecule has 1 unspecified atom stereocenters. The van der Waals surface area contributed by atoms with E-state index in [-0.39, 0.29) is 0 Å². The molecule has 72 valence electrons. The lowest BCUT2D eigenvalue weighted by Gasteiger charge is -2.19. The molecule has 0 bridgehead atoms. The van der Waals surface area contributed by atoms with Crippen LogP contribution >= 0.6 is 0 Å². The van der Waals surface area contributed by atoms with Gasteiger partial charge in [-0.25, -0.2) is 0 Å². The monoisotopic (exact) mass is 171 g/mol. The molecule has 0 aromatic rings. The molecule has 1 atom stereocenters. The predicted octanol–water partition coefficient (Wildman–Crippen LogP) is 0.655. The molecule has 0 fully saturated rings. The first kappa shape index (κ1) is 11.3. The van der Waals surface area contributed by atoms with Crippen LogP contribution in [0, 0.1) is 0 Å². The maximum atomic E-state index is 3.21. The first-order valence-electron chi connectivity index (χ1n) is 4.47. The number of hydrogen-bond donors (Lipinski definition) is 3. The van der Waals surface area contributed by atoms with Gasteiger partial charge in [-0.1, -0.05) is 6.92 Å². The van der Waals surface area contributed by atoms with E-state index in [1.54, 1.807) is 0 Å². The minimum atomic E-state index is 0.373. The highest BCUT2D eigenvalue weighted by Crippen LogP contribution is 2.05. The molecular formula is C9H21N3. The highest BCUT2D eigenvalue weighted by Gasteiger charge is 2.08. The van der Waals surface area contributed by atoms with Crippen molar-refractivity contribution >= 4 is 0 Å². The Morgan fingerprint density at radius 2 is 1.75 bits per heavy atom. The average Bonchev–Trinajstić information content (AvgIpc) is 2.12. The van der Waals surface area contributed by atoms with Crippen LogP contribution in [-0.4, -0.2) is 27.2 Å². The summed E-state index contributed by atoms with van der Waals surface area (Å²) in [6.45, 7) is 4.28. The van der Waals surface area contributed by atoms with E-state index in [2.05, 4.69) is 29.8 Å². The van der Waals surface area contributed by atoms with Gasteiger partial charge in [-0.05, 0) is 20.4 Å². The fourth-order valence-corrected chi connectivity index (χ4v) is 1.27. The second-order valence-corrected chi connectivity index (χ2v) is 2.76. The third-order valence-electron chi connectivity index (χ3n) is 2.12. The van der Waals surface area contributed by atoms with Crippen LogP contribution in [0.5, 0.6) is 0 Å². The molecule has 0 aromatic heterocycles. The van der Waals surface area contributed by atoms with Crippen molar-refractivity contribution in [3.05, 3.63) is 11.4 Å². The van der Waals surface area contributed by atoms with Gasteiger partial charge in [0.05, 0.1) is 0 Å². The summed E-state index contributed by atoms with van der Waals surface area (Å²) < 4.78 is 0. The lowest BCUT2D eigenvalue weighted by Crippen LogP contribution is -2.33. The summed E-state index contributed by atoms with van der Waals surface area (Å²) in [5, 5.41) is 9.61. The summed E-state index contributed by atoms with van der Waals surface area (Å²) in [6, 6.07) is 0.373. The summed E-state index contributed by atoms with van der Waals surface area (Å²) in [5.74, 6) is 0. The number of allylic oxidation sites excluding steroid dienone is 1. The van der Waals surface area contributed by atoms with Gasteiger partial charge in [-0.3, -0.25) is 0 Å². The maximum Gasteiger partial charge on any atom is 0.0466 e. The molecular weight excluding hydrogens is 150 g/mol. The van der Waals surface area contributed by atoms with Crippen LogP contribution in [0.2, 0.25) is 0 Å². The summed E-state index contributed by atoms with van der Waals surface area (Å²) >= 11 is 0. The Kier molecular flexibility index (Phi) is 5.54. The van der Waals surface area contributed by atoms with Crippen molar-refractivity contribution in [1.29, 1.82) is 0 Å². The summed E-state index contributed by atoms with van der Waals surface area (Å²) in [5.41, 5.74) is 2.50. The maximum absolute atomic E-state index is 3.21. The number of hydrogen-bond acceptors (Lipinski definition) is 3. The zero-order chi connectivity index (χ0) is 9.56. The van der Waals surface area contributed by atoms with E-state index in [1.807, 2.05) is 21.1 Å².